The third-order valence-electron chi connectivity index (χ3n) is 4.05. The normalized spacial score (nSPS) is 15.9. The van der Waals surface area contributed by atoms with Crippen LogP contribution in [0, 0.1) is 0 Å². The van der Waals surface area contributed by atoms with Crippen LogP contribution >= 0.6 is 0 Å². The van der Waals surface area contributed by atoms with Gasteiger partial charge in [0.2, 0.25) is 0 Å². The molecule has 110 valence electrons. The quantitative estimate of drug-likeness (QED) is 0.598. The lowest BCUT2D eigenvalue weighted by molar-refractivity contribution is 0.0923. The van der Waals surface area contributed by atoms with E-state index >= 15 is 0 Å². The lowest BCUT2D eigenvalue weighted by Gasteiger charge is -2.22. The molecule has 0 unspecified atom stereocenters. The van der Waals surface area contributed by atoms with Crippen LogP contribution in [-0.2, 0) is 0 Å². The molecule has 1 saturated carbocycles. The Morgan fingerprint density at radius 3 is 2.71 bits per heavy atom. The van der Waals surface area contributed by atoms with Gasteiger partial charge < -0.3 is 10.7 Å². The molecule has 1 aromatic heterocycles. The van der Waals surface area contributed by atoms with Crippen molar-refractivity contribution < 1.29 is 4.79 Å². The van der Waals surface area contributed by atoms with E-state index in [-0.39, 0.29) is 11.9 Å². The number of benzene rings is 1. The SMILES string of the molecule is NNc1nc(C(=O)NC2CCCCC2)cc2ccccc12. The number of carbonyl (C=O) groups excluding carboxylic acids is 1. The van der Waals surface area contributed by atoms with Crippen LogP contribution < -0.4 is 16.6 Å². The van der Waals surface area contributed by atoms with Crippen molar-refractivity contribution in [3.8, 4) is 0 Å². The number of hydrogen-bond donors (Lipinski definition) is 3. The number of anilines is 1. The van der Waals surface area contributed by atoms with Crippen LogP contribution in [0.15, 0.2) is 30.3 Å². The standard InChI is InChI=1S/C16H20N4O/c17-20-15-13-9-5-4-6-11(13)10-14(19-15)16(21)18-12-7-2-1-3-8-12/h4-6,9-10,12H,1-3,7-8,17H2,(H,18,21)(H,19,20). The maximum atomic E-state index is 12.4. The van der Waals surface area contributed by atoms with Crippen molar-refractivity contribution in [2.75, 3.05) is 5.43 Å². The monoisotopic (exact) mass is 284 g/mol. The minimum Gasteiger partial charge on any atom is -0.348 e. The largest absolute Gasteiger partial charge is 0.348 e. The second-order valence-electron chi connectivity index (χ2n) is 5.53. The number of fused-ring (bicyclic) bond motifs is 1. The first kappa shape index (κ1) is 13.8. The third kappa shape index (κ3) is 2.97. The van der Waals surface area contributed by atoms with Crippen molar-refractivity contribution in [2.45, 2.75) is 38.1 Å². The minimum absolute atomic E-state index is 0.121. The highest BCUT2D eigenvalue weighted by Gasteiger charge is 2.18. The Hall–Kier alpha value is -2.14. The number of hydrazine groups is 1. The molecule has 1 aliphatic rings. The summed E-state index contributed by atoms with van der Waals surface area (Å²) >= 11 is 0. The molecule has 0 aliphatic heterocycles. The van der Waals surface area contributed by atoms with Gasteiger partial charge >= 0.3 is 0 Å². The number of nitrogens with zero attached hydrogens (tertiary/aromatic N) is 1. The number of nitrogen functional groups attached to an aromatic ring is 1. The second-order valence-corrected chi connectivity index (χ2v) is 5.53. The lowest BCUT2D eigenvalue weighted by Crippen LogP contribution is -2.36. The van der Waals surface area contributed by atoms with Gasteiger partial charge in [0.05, 0.1) is 0 Å². The zero-order valence-corrected chi connectivity index (χ0v) is 11.9. The highest BCUT2D eigenvalue weighted by Crippen LogP contribution is 2.22. The Morgan fingerprint density at radius 2 is 1.95 bits per heavy atom. The number of hydrogen-bond acceptors (Lipinski definition) is 4. The van der Waals surface area contributed by atoms with E-state index in [1.807, 2.05) is 30.3 Å². The molecule has 1 fully saturated rings. The van der Waals surface area contributed by atoms with Gasteiger partial charge in [-0.2, -0.15) is 0 Å². The number of aromatic nitrogens is 1. The number of rotatable bonds is 3. The van der Waals surface area contributed by atoms with Gasteiger partial charge in [-0.15, -0.1) is 0 Å². The fraction of sp³-hybridized carbons (Fsp3) is 0.375. The highest BCUT2D eigenvalue weighted by molar-refractivity contribution is 6.00. The molecule has 0 atom stereocenters. The van der Waals surface area contributed by atoms with Crippen LogP contribution in [0.5, 0.6) is 0 Å². The van der Waals surface area contributed by atoms with Gasteiger partial charge in [0.1, 0.15) is 11.5 Å². The summed E-state index contributed by atoms with van der Waals surface area (Å²) in [6.45, 7) is 0. The number of carbonyl (C=O) groups is 1. The molecule has 5 nitrogen and oxygen atoms in total. The first-order valence-electron chi connectivity index (χ1n) is 7.45. The van der Waals surface area contributed by atoms with Gasteiger partial charge in [-0.05, 0) is 24.3 Å². The first-order chi connectivity index (χ1) is 10.3. The Labute approximate surface area is 123 Å². The van der Waals surface area contributed by atoms with E-state index in [9.17, 15) is 4.79 Å². The molecule has 5 heteroatoms. The van der Waals surface area contributed by atoms with Crippen molar-refractivity contribution in [1.29, 1.82) is 0 Å². The van der Waals surface area contributed by atoms with Gasteiger partial charge in [-0.3, -0.25) is 4.79 Å². The summed E-state index contributed by atoms with van der Waals surface area (Å²) in [7, 11) is 0. The van der Waals surface area contributed by atoms with Crippen molar-refractivity contribution >= 4 is 22.5 Å². The summed E-state index contributed by atoms with van der Waals surface area (Å²) in [5.41, 5.74) is 2.99. The molecule has 0 radical (unpaired) electrons. The van der Waals surface area contributed by atoms with Crippen molar-refractivity contribution in [2.24, 2.45) is 5.84 Å². The second kappa shape index (κ2) is 6.10. The smallest absolute Gasteiger partial charge is 0.270 e. The van der Waals surface area contributed by atoms with Crippen LogP contribution in [0.2, 0.25) is 0 Å². The van der Waals surface area contributed by atoms with Gasteiger partial charge in [-0.1, -0.05) is 43.5 Å². The fourth-order valence-corrected chi connectivity index (χ4v) is 2.93. The predicted octanol–water partition coefficient (Wildman–Crippen LogP) is 2.58. The number of nitrogens with two attached hydrogens (primary N) is 1. The Bertz CT molecular complexity index is 650. The summed E-state index contributed by atoms with van der Waals surface area (Å²) in [5.74, 6) is 5.93. The first-order valence-corrected chi connectivity index (χ1v) is 7.45. The van der Waals surface area contributed by atoms with Crippen LogP contribution in [0.25, 0.3) is 10.8 Å². The fourth-order valence-electron chi connectivity index (χ4n) is 2.93. The average molecular weight is 284 g/mol. The zero-order valence-electron chi connectivity index (χ0n) is 11.9. The molecule has 0 bridgehead atoms. The lowest BCUT2D eigenvalue weighted by atomic mass is 9.95. The molecule has 2 aromatic rings. The van der Waals surface area contributed by atoms with E-state index in [0.717, 1.165) is 23.6 Å². The zero-order chi connectivity index (χ0) is 14.7. The summed E-state index contributed by atoms with van der Waals surface area (Å²) in [5, 5.41) is 4.95. The number of pyridine rings is 1. The Kier molecular flexibility index (Phi) is 4.01. The molecule has 21 heavy (non-hydrogen) atoms. The third-order valence-corrected chi connectivity index (χ3v) is 4.05. The predicted molar refractivity (Wildman–Crippen MR) is 83.9 cm³/mol. The molecule has 1 heterocycles. The average Bonchev–Trinajstić information content (AvgIpc) is 2.54. The van der Waals surface area contributed by atoms with E-state index in [0.29, 0.717) is 11.5 Å². The van der Waals surface area contributed by atoms with Gasteiger partial charge in [0, 0.05) is 11.4 Å². The molecule has 0 spiro atoms. The van der Waals surface area contributed by atoms with Gasteiger partial charge in [0.25, 0.3) is 5.91 Å². The topological polar surface area (TPSA) is 80.0 Å². The summed E-state index contributed by atoms with van der Waals surface area (Å²) < 4.78 is 0. The van der Waals surface area contributed by atoms with E-state index in [1.165, 1.54) is 19.3 Å². The molecule has 0 saturated heterocycles. The van der Waals surface area contributed by atoms with Crippen LogP contribution in [-0.4, -0.2) is 16.9 Å². The summed E-state index contributed by atoms with van der Waals surface area (Å²) in [4.78, 5) is 16.7. The van der Waals surface area contributed by atoms with Crippen LogP contribution in [0.4, 0.5) is 5.82 Å². The molecule has 3 rings (SSSR count). The molecule has 1 aliphatic carbocycles. The maximum absolute atomic E-state index is 12.4. The van der Waals surface area contributed by atoms with Crippen LogP contribution in [0.1, 0.15) is 42.6 Å². The Morgan fingerprint density at radius 1 is 1.19 bits per heavy atom. The molecular weight excluding hydrogens is 264 g/mol. The van der Waals surface area contributed by atoms with Crippen molar-refractivity contribution in [3.05, 3.63) is 36.0 Å². The van der Waals surface area contributed by atoms with Crippen LogP contribution in [0.3, 0.4) is 0 Å². The summed E-state index contributed by atoms with van der Waals surface area (Å²) in [6, 6.07) is 9.83. The highest BCUT2D eigenvalue weighted by atomic mass is 16.1. The molecule has 4 N–H and O–H groups in total. The van der Waals surface area contributed by atoms with Crippen molar-refractivity contribution in [3.63, 3.8) is 0 Å². The van der Waals surface area contributed by atoms with E-state index in [4.69, 9.17) is 5.84 Å². The molecule has 1 aromatic carbocycles. The Balaban J connectivity index is 1.87. The number of amides is 1. The molecular formula is C16H20N4O. The van der Waals surface area contributed by atoms with E-state index < -0.39 is 0 Å². The minimum atomic E-state index is -0.121. The molecule has 1 amide bonds. The van der Waals surface area contributed by atoms with E-state index in [2.05, 4.69) is 15.7 Å². The van der Waals surface area contributed by atoms with Gasteiger partial charge in [-0.25, -0.2) is 10.8 Å². The van der Waals surface area contributed by atoms with Crippen molar-refractivity contribution in [1.82, 2.24) is 10.3 Å². The van der Waals surface area contributed by atoms with E-state index in [1.54, 1.807) is 0 Å². The maximum Gasteiger partial charge on any atom is 0.270 e. The number of nitrogens with one attached hydrogen (secondary N) is 2. The van der Waals surface area contributed by atoms with Gasteiger partial charge in [0.15, 0.2) is 0 Å². The summed E-state index contributed by atoms with van der Waals surface area (Å²) in [6.07, 6.45) is 5.75.